The van der Waals surface area contributed by atoms with Crippen molar-refractivity contribution >= 4 is 0 Å². The highest BCUT2D eigenvalue weighted by Gasteiger charge is 2.27. The third-order valence-corrected chi connectivity index (χ3v) is 4.71. The van der Waals surface area contributed by atoms with Crippen molar-refractivity contribution in [3.63, 3.8) is 0 Å². The maximum atomic E-state index is 4.08. The maximum absolute atomic E-state index is 4.08. The summed E-state index contributed by atoms with van der Waals surface area (Å²) in [6.07, 6.45) is 8.71. The average molecular weight is 263 g/mol. The van der Waals surface area contributed by atoms with Crippen LogP contribution >= 0.6 is 0 Å². The molecule has 0 aromatic carbocycles. The Balaban J connectivity index is 1.82. The number of aryl methyl sites for hydroxylation is 1. The molecule has 19 heavy (non-hydrogen) atoms. The Morgan fingerprint density at radius 1 is 1.26 bits per heavy atom. The molecule has 108 valence electrons. The van der Waals surface area contributed by atoms with E-state index in [0.29, 0.717) is 11.5 Å². The van der Waals surface area contributed by atoms with Crippen LogP contribution in [0, 0.1) is 18.3 Å². The highest BCUT2D eigenvalue weighted by Crippen LogP contribution is 2.36. The van der Waals surface area contributed by atoms with Crippen LogP contribution in [0.25, 0.3) is 0 Å². The number of aromatic amines is 1. The second kappa shape index (κ2) is 6.08. The van der Waals surface area contributed by atoms with Gasteiger partial charge in [0.2, 0.25) is 0 Å². The van der Waals surface area contributed by atoms with E-state index < -0.39 is 0 Å². The van der Waals surface area contributed by atoms with Crippen LogP contribution in [0.15, 0.2) is 6.20 Å². The summed E-state index contributed by atoms with van der Waals surface area (Å²) >= 11 is 0. The third kappa shape index (κ3) is 4.07. The molecule has 0 spiro atoms. The fraction of sp³-hybridized carbons (Fsp3) is 0.812. The average Bonchev–Trinajstić information content (AvgIpc) is 2.61. The quantitative estimate of drug-likeness (QED) is 0.814. The molecule has 2 unspecified atom stereocenters. The number of hydrogen-bond donors (Lipinski definition) is 2. The molecule has 1 aromatic rings. The van der Waals surface area contributed by atoms with Crippen LogP contribution in [-0.2, 0) is 6.54 Å². The van der Waals surface area contributed by atoms with E-state index in [-0.39, 0.29) is 0 Å². The molecule has 1 aliphatic rings. The Hall–Kier alpha value is -0.830. The van der Waals surface area contributed by atoms with Crippen molar-refractivity contribution < 1.29 is 0 Å². The van der Waals surface area contributed by atoms with Gasteiger partial charge in [-0.3, -0.25) is 5.10 Å². The van der Waals surface area contributed by atoms with Crippen LogP contribution in [-0.4, -0.2) is 16.2 Å². The second-order valence-electron chi connectivity index (χ2n) is 7.17. The summed E-state index contributed by atoms with van der Waals surface area (Å²) in [5.74, 6) is 0.884. The van der Waals surface area contributed by atoms with Gasteiger partial charge in [0.1, 0.15) is 0 Å². The van der Waals surface area contributed by atoms with Gasteiger partial charge in [-0.05, 0) is 43.9 Å². The Morgan fingerprint density at radius 2 is 2.05 bits per heavy atom. The molecule has 0 saturated heterocycles. The molecule has 1 aliphatic carbocycles. The van der Waals surface area contributed by atoms with E-state index in [1.807, 2.05) is 6.20 Å². The summed E-state index contributed by atoms with van der Waals surface area (Å²) in [5.41, 5.74) is 2.96. The van der Waals surface area contributed by atoms with Crippen molar-refractivity contribution in [2.24, 2.45) is 11.3 Å². The molecule has 1 fully saturated rings. The minimum absolute atomic E-state index is 0.468. The van der Waals surface area contributed by atoms with Gasteiger partial charge in [-0.2, -0.15) is 5.10 Å². The van der Waals surface area contributed by atoms with Gasteiger partial charge in [0.15, 0.2) is 0 Å². The standard InChI is InChI=1S/C16H29N3/c1-12-13(11-18-19-12)10-17-15-7-5-6-14(8-9-15)16(2,3)4/h11,14-15,17H,5-10H2,1-4H3,(H,18,19). The highest BCUT2D eigenvalue weighted by molar-refractivity contribution is 5.13. The molecule has 2 N–H and O–H groups in total. The Bertz CT molecular complexity index is 389. The van der Waals surface area contributed by atoms with Gasteiger partial charge in [-0.25, -0.2) is 0 Å². The number of nitrogens with one attached hydrogen (secondary N) is 2. The predicted molar refractivity (Wildman–Crippen MR) is 80.0 cm³/mol. The maximum Gasteiger partial charge on any atom is 0.0535 e. The van der Waals surface area contributed by atoms with E-state index in [2.05, 4.69) is 43.2 Å². The van der Waals surface area contributed by atoms with E-state index in [1.54, 1.807) is 0 Å². The van der Waals surface area contributed by atoms with Crippen LogP contribution in [0.5, 0.6) is 0 Å². The molecule has 3 nitrogen and oxygen atoms in total. The van der Waals surface area contributed by atoms with E-state index in [4.69, 9.17) is 0 Å². The monoisotopic (exact) mass is 263 g/mol. The summed E-state index contributed by atoms with van der Waals surface area (Å²) in [7, 11) is 0. The van der Waals surface area contributed by atoms with E-state index in [9.17, 15) is 0 Å². The zero-order chi connectivity index (χ0) is 13.9. The lowest BCUT2D eigenvalue weighted by Gasteiger charge is -2.29. The molecule has 0 amide bonds. The van der Waals surface area contributed by atoms with Gasteiger partial charge in [-0.15, -0.1) is 0 Å². The lowest BCUT2D eigenvalue weighted by Crippen LogP contribution is -2.28. The molecule has 0 aliphatic heterocycles. The van der Waals surface area contributed by atoms with Gasteiger partial charge >= 0.3 is 0 Å². The van der Waals surface area contributed by atoms with Crippen molar-refractivity contribution in [3.8, 4) is 0 Å². The SMILES string of the molecule is Cc1[nH]ncc1CNC1CCCC(C(C)(C)C)CC1. The van der Waals surface area contributed by atoms with Gasteiger partial charge in [-0.1, -0.05) is 27.2 Å². The smallest absolute Gasteiger partial charge is 0.0535 e. The first-order chi connectivity index (χ1) is 8.97. The molecule has 2 rings (SSSR count). The zero-order valence-corrected chi connectivity index (χ0v) is 12.9. The first-order valence-corrected chi connectivity index (χ1v) is 7.69. The van der Waals surface area contributed by atoms with E-state index in [1.165, 1.54) is 43.4 Å². The normalized spacial score (nSPS) is 25.3. The molecule has 1 heterocycles. The van der Waals surface area contributed by atoms with E-state index >= 15 is 0 Å². The number of rotatable bonds is 3. The molecule has 0 bridgehead atoms. The molecule has 1 saturated carbocycles. The van der Waals surface area contributed by atoms with Gasteiger partial charge in [0, 0.05) is 23.8 Å². The zero-order valence-electron chi connectivity index (χ0n) is 12.9. The van der Waals surface area contributed by atoms with Gasteiger partial charge in [0.05, 0.1) is 6.20 Å². The van der Waals surface area contributed by atoms with Gasteiger partial charge in [0.25, 0.3) is 0 Å². The Kier molecular flexibility index (Phi) is 4.67. The fourth-order valence-corrected chi connectivity index (χ4v) is 3.18. The largest absolute Gasteiger partial charge is 0.310 e. The summed E-state index contributed by atoms with van der Waals surface area (Å²) in [4.78, 5) is 0. The van der Waals surface area contributed by atoms with Crippen molar-refractivity contribution in [2.75, 3.05) is 0 Å². The summed E-state index contributed by atoms with van der Waals surface area (Å²) in [6, 6.07) is 0.682. The van der Waals surface area contributed by atoms with Crippen molar-refractivity contribution in [1.29, 1.82) is 0 Å². The summed E-state index contributed by atoms with van der Waals surface area (Å²) in [5, 5.41) is 10.8. The van der Waals surface area contributed by atoms with Crippen LogP contribution in [0.3, 0.4) is 0 Å². The minimum Gasteiger partial charge on any atom is -0.310 e. The molecular weight excluding hydrogens is 234 g/mol. The molecule has 1 aromatic heterocycles. The van der Waals surface area contributed by atoms with Crippen molar-refractivity contribution in [3.05, 3.63) is 17.5 Å². The number of hydrogen-bond acceptors (Lipinski definition) is 2. The van der Waals surface area contributed by atoms with Crippen LogP contribution < -0.4 is 5.32 Å². The number of nitrogens with zero attached hydrogens (tertiary/aromatic N) is 1. The highest BCUT2D eigenvalue weighted by atomic mass is 15.1. The Morgan fingerprint density at radius 3 is 2.68 bits per heavy atom. The molecule has 0 radical (unpaired) electrons. The lowest BCUT2D eigenvalue weighted by atomic mass is 9.76. The second-order valence-corrected chi connectivity index (χ2v) is 7.17. The fourth-order valence-electron chi connectivity index (χ4n) is 3.18. The van der Waals surface area contributed by atoms with Crippen molar-refractivity contribution in [1.82, 2.24) is 15.5 Å². The first-order valence-electron chi connectivity index (χ1n) is 7.69. The predicted octanol–water partition coefficient (Wildman–Crippen LogP) is 3.80. The Labute approximate surface area is 117 Å². The van der Waals surface area contributed by atoms with E-state index in [0.717, 1.165) is 12.5 Å². The third-order valence-electron chi connectivity index (χ3n) is 4.71. The van der Waals surface area contributed by atoms with Crippen LogP contribution in [0.1, 0.15) is 64.1 Å². The molecule has 2 atom stereocenters. The van der Waals surface area contributed by atoms with Crippen LogP contribution in [0.4, 0.5) is 0 Å². The summed E-state index contributed by atoms with van der Waals surface area (Å²) in [6.45, 7) is 10.2. The first kappa shape index (κ1) is 14.6. The molecule has 3 heteroatoms. The number of aromatic nitrogens is 2. The van der Waals surface area contributed by atoms with Crippen LogP contribution in [0.2, 0.25) is 0 Å². The number of H-pyrrole nitrogens is 1. The molecular formula is C16H29N3. The van der Waals surface area contributed by atoms with Crippen molar-refractivity contribution in [2.45, 2.75) is 72.4 Å². The lowest BCUT2D eigenvalue weighted by molar-refractivity contribution is 0.213. The minimum atomic E-state index is 0.468. The summed E-state index contributed by atoms with van der Waals surface area (Å²) < 4.78 is 0. The van der Waals surface area contributed by atoms with Gasteiger partial charge < -0.3 is 5.32 Å². The topological polar surface area (TPSA) is 40.7 Å².